The minimum atomic E-state index is -2.49. The molecular formula is C57H66N2O18S2. The number of aliphatic hydroxyl groups excluding tert-OH is 1. The van der Waals surface area contributed by atoms with Crippen LogP contribution in [0.15, 0.2) is 102 Å². The molecule has 22 heteroatoms. The standard InChI is InChI=1S/C57H66N2O18S2/c1-32-39(74-52(67)45(43(35-17-10-7-11-18-35)59-49(64)36-19-12-8-13-20-36)75-53(68)71-26-28-79-78-27-25-70-51(66)38-23-16-24-58-38)30-57(69)48(76-50(65)37-21-14-9-15-22-37)46-55(6,40(62)29-41-56(46,31-72-41)77-34(3)61)47(63)44(73-33(2)60)42(32)54(57,4)5/h7-15,17-22,38-41,43-46,48,58,62,69H,16,23-31H2,1-6H3,(H,59,64)/t38-,39-,40-,41+,43-,44+,45+,46-,48-,55+,56-,57+/m0/s1. The van der Waals surface area contributed by atoms with E-state index in [-0.39, 0.29) is 71.8 Å². The van der Waals surface area contributed by atoms with Crippen molar-refractivity contribution in [2.24, 2.45) is 16.7 Å². The number of ketones is 1. The van der Waals surface area contributed by atoms with Gasteiger partial charge in [0.15, 0.2) is 17.5 Å². The molecule has 0 aromatic heterocycles. The van der Waals surface area contributed by atoms with Crippen LogP contribution in [0.5, 0.6) is 0 Å². The maximum absolute atomic E-state index is 15.8. The number of Topliss-reactive ketones (excluding diaryl/α,β-unsaturated/α-hetero) is 1. The number of fused-ring (bicyclic) bond motifs is 5. The molecule has 0 unspecified atom stereocenters. The van der Waals surface area contributed by atoms with Crippen LogP contribution in [0.25, 0.3) is 0 Å². The molecule has 5 aliphatic rings. The molecule has 3 aromatic rings. The molecule has 4 N–H and O–H groups in total. The fraction of sp³-hybridized carbons (Fsp3) is 0.509. The third kappa shape index (κ3) is 12.0. The van der Waals surface area contributed by atoms with Crippen LogP contribution >= 0.6 is 21.6 Å². The van der Waals surface area contributed by atoms with Gasteiger partial charge in [0.25, 0.3) is 5.91 Å². The number of rotatable bonds is 19. The second kappa shape index (κ2) is 24.6. The Labute approximate surface area is 465 Å². The quantitative estimate of drug-likeness (QED) is 0.0375. The Balaban J connectivity index is 1.17. The van der Waals surface area contributed by atoms with Crippen LogP contribution in [0.4, 0.5) is 4.79 Å². The van der Waals surface area contributed by atoms with E-state index in [4.69, 9.17) is 37.9 Å². The van der Waals surface area contributed by atoms with Gasteiger partial charge in [0, 0.05) is 49.2 Å². The normalized spacial score (nSPS) is 29.3. The average Bonchev–Trinajstić information content (AvgIpc) is 4.08. The van der Waals surface area contributed by atoms with Crippen molar-refractivity contribution < 1.29 is 86.5 Å². The van der Waals surface area contributed by atoms with Gasteiger partial charge < -0.3 is 58.7 Å². The van der Waals surface area contributed by atoms with Gasteiger partial charge in [-0.25, -0.2) is 14.4 Å². The summed E-state index contributed by atoms with van der Waals surface area (Å²) in [5, 5.41) is 32.2. The average molecular weight is 1130 g/mol. The van der Waals surface area contributed by atoms with Gasteiger partial charge in [0.05, 0.1) is 29.6 Å². The molecule has 2 heterocycles. The summed E-state index contributed by atoms with van der Waals surface area (Å²) in [7, 11) is 2.72. The molecule has 3 aromatic carbocycles. The SMILES string of the molecule is CC(=O)O[C@H]1C(=O)[C@@]2(C)[C@H]([C@H](OC(=O)c3ccccc3)[C@]3(O)C[C@H](OC(=O)[C@H](OC(=O)OCCSSCCOC(=O)[C@@H]4CCCN4)[C@@H](NC(=O)c4ccccc4)c4ccccc4)C(C)=C1C3(C)C)[C@]1(OC(C)=O)CO[C@@H]1C[C@@H]2O. The highest BCUT2D eigenvalue weighted by Gasteiger charge is 2.78. The Morgan fingerprint density at radius 1 is 0.823 bits per heavy atom. The van der Waals surface area contributed by atoms with E-state index in [1.807, 2.05) is 0 Å². The number of amides is 1. The molecule has 424 valence electrons. The summed E-state index contributed by atoms with van der Waals surface area (Å²) in [6, 6.07) is 22.2. The topological polar surface area (TPSA) is 275 Å². The van der Waals surface area contributed by atoms with Crippen LogP contribution in [-0.4, -0.2) is 150 Å². The summed E-state index contributed by atoms with van der Waals surface area (Å²) < 4.78 is 47.6. The van der Waals surface area contributed by atoms with Gasteiger partial charge in [-0.05, 0) is 74.2 Å². The van der Waals surface area contributed by atoms with E-state index in [1.165, 1.54) is 47.6 Å². The van der Waals surface area contributed by atoms with E-state index in [0.29, 0.717) is 5.75 Å². The number of carbonyl (C=O) groups is 8. The zero-order valence-corrected chi connectivity index (χ0v) is 46.3. The zero-order valence-electron chi connectivity index (χ0n) is 44.7. The highest BCUT2D eigenvalue weighted by molar-refractivity contribution is 8.76. The van der Waals surface area contributed by atoms with E-state index >= 15 is 9.59 Å². The maximum Gasteiger partial charge on any atom is 0.509 e. The molecule has 0 spiro atoms. The lowest BCUT2D eigenvalue weighted by Gasteiger charge is -2.67. The molecule has 4 fully saturated rings. The smallest absolute Gasteiger partial charge is 0.464 e. The number of hydrogen-bond acceptors (Lipinski definition) is 21. The van der Waals surface area contributed by atoms with Crippen molar-refractivity contribution in [3.8, 4) is 0 Å². The molecule has 2 saturated carbocycles. The Bertz CT molecular complexity index is 2800. The van der Waals surface area contributed by atoms with Crippen molar-refractivity contribution in [3.05, 3.63) is 119 Å². The van der Waals surface area contributed by atoms with Gasteiger partial charge in [-0.2, -0.15) is 0 Å². The summed E-state index contributed by atoms with van der Waals surface area (Å²) in [5.74, 6) is -6.78. The summed E-state index contributed by atoms with van der Waals surface area (Å²) in [6.45, 7) is 8.56. The van der Waals surface area contributed by atoms with Crippen LogP contribution in [0.1, 0.15) is 99.5 Å². The third-order valence-electron chi connectivity index (χ3n) is 15.9. The van der Waals surface area contributed by atoms with E-state index in [2.05, 4.69) is 10.6 Å². The second-order valence-electron chi connectivity index (χ2n) is 21.0. The number of ether oxygens (including phenoxy) is 8. The molecule has 1 amide bonds. The molecule has 20 nitrogen and oxygen atoms in total. The number of hydrogen-bond donors (Lipinski definition) is 4. The maximum atomic E-state index is 15.8. The Morgan fingerprint density at radius 2 is 1.44 bits per heavy atom. The number of nitrogens with one attached hydrogen (secondary N) is 2. The number of aliphatic hydroxyl groups is 2. The lowest BCUT2D eigenvalue weighted by molar-refractivity contribution is -0.346. The van der Waals surface area contributed by atoms with Crippen LogP contribution in [0, 0.1) is 16.7 Å². The van der Waals surface area contributed by atoms with Gasteiger partial charge in [-0.1, -0.05) is 102 Å². The molecule has 0 radical (unpaired) electrons. The first kappa shape index (κ1) is 58.8. The van der Waals surface area contributed by atoms with Crippen molar-refractivity contribution in [1.29, 1.82) is 0 Å². The van der Waals surface area contributed by atoms with Crippen molar-refractivity contribution in [1.82, 2.24) is 10.6 Å². The largest absolute Gasteiger partial charge is 0.509 e. The molecule has 3 aliphatic carbocycles. The van der Waals surface area contributed by atoms with Gasteiger partial charge in [-0.3, -0.25) is 24.0 Å². The summed E-state index contributed by atoms with van der Waals surface area (Å²) >= 11 is 0. The molecule has 2 aliphatic heterocycles. The van der Waals surface area contributed by atoms with Gasteiger partial charge in [0.1, 0.15) is 49.2 Å². The summed E-state index contributed by atoms with van der Waals surface area (Å²) in [5.41, 5.74) is -7.64. The van der Waals surface area contributed by atoms with Crippen molar-refractivity contribution >= 4 is 69.3 Å². The van der Waals surface area contributed by atoms with Crippen LogP contribution < -0.4 is 10.6 Å². The minimum Gasteiger partial charge on any atom is -0.464 e. The monoisotopic (exact) mass is 1130 g/mol. The van der Waals surface area contributed by atoms with Gasteiger partial charge in [0.2, 0.25) is 6.10 Å². The predicted molar refractivity (Wildman–Crippen MR) is 285 cm³/mol. The lowest BCUT2D eigenvalue weighted by Crippen LogP contribution is -2.82. The first-order chi connectivity index (χ1) is 37.6. The van der Waals surface area contributed by atoms with Crippen LogP contribution in [0.3, 0.4) is 0 Å². The fourth-order valence-electron chi connectivity index (χ4n) is 11.9. The highest BCUT2D eigenvalue weighted by Crippen LogP contribution is 2.64. The first-order valence-corrected chi connectivity index (χ1v) is 28.6. The Kier molecular flexibility index (Phi) is 18.3. The van der Waals surface area contributed by atoms with Gasteiger partial charge in [-0.15, -0.1) is 0 Å². The van der Waals surface area contributed by atoms with Crippen LogP contribution in [0.2, 0.25) is 0 Å². The van der Waals surface area contributed by atoms with Gasteiger partial charge >= 0.3 is 36.0 Å². The van der Waals surface area contributed by atoms with E-state index in [0.717, 1.165) is 33.2 Å². The Morgan fingerprint density at radius 3 is 2.03 bits per heavy atom. The second-order valence-corrected chi connectivity index (χ2v) is 23.7. The number of benzene rings is 3. The molecule has 2 bridgehead atoms. The molecular weight excluding hydrogens is 1060 g/mol. The molecule has 12 atom stereocenters. The highest BCUT2D eigenvalue weighted by atomic mass is 33.1. The molecule has 79 heavy (non-hydrogen) atoms. The number of carbonyl (C=O) groups excluding carboxylic acids is 8. The predicted octanol–water partition coefficient (Wildman–Crippen LogP) is 5.57. The van der Waals surface area contributed by atoms with Crippen molar-refractivity contribution in [3.63, 3.8) is 0 Å². The van der Waals surface area contributed by atoms with E-state index in [9.17, 15) is 39.0 Å². The fourth-order valence-corrected chi connectivity index (χ4v) is 13.5. The third-order valence-corrected chi connectivity index (χ3v) is 18.2. The summed E-state index contributed by atoms with van der Waals surface area (Å²) in [4.78, 5) is 112. The summed E-state index contributed by atoms with van der Waals surface area (Å²) in [6.07, 6.45) is -10.7. The van der Waals surface area contributed by atoms with Crippen molar-refractivity contribution in [2.45, 2.75) is 127 Å². The minimum absolute atomic E-state index is 0.0329. The zero-order chi connectivity index (χ0) is 56.9. The van der Waals surface area contributed by atoms with E-state index < -0.39 is 119 Å². The Hall–Kier alpha value is -6.30. The van der Waals surface area contributed by atoms with E-state index in [1.54, 1.807) is 92.7 Å². The number of esters is 5. The molecule has 8 rings (SSSR count). The first-order valence-electron chi connectivity index (χ1n) is 26.1. The van der Waals surface area contributed by atoms with Crippen molar-refractivity contribution in [2.75, 3.05) is 37.9 Å². The van der Waals surface area contributed by atoms with Crippen LogP contribution in [-0.2, 0) is 61.9 Å². The molecule has 2 saturated heterocycles. The lowest BCUT2D eigenvalue weighted by atomic mass is 9.44.